The van der Waals surface area contributed by atoms with Crippen molar-refractivity contribution in [2.24, 2.45) is 0 Å². The van der Waals surface area contributed by atoms with Crippen LogP contribution in [0.15, 0.2) is 30.3 Å². The molecule has 2 aromatic rings. The largest absolute Gasteiger partial charge is 0.356 e. The lowest BCUT2D eigenvalue weighted by Crippen LogP contribution is -2.42. The summed E-state index contributed by atoms with van der Waals surface area (Å²) < 4.78 is 27.0. The first-order chi connectivity index (χ1) is 12.0. The Morgan fingerprint density at radius 3 is 2.52 bits per heavy atom. The van der Waals surface area contributed by atoms with Crippen LogP contribution in [-0.4, -0.2) is 41.4 Å². The first-order valence-corrected chi connectivity index (χ1v) is 8.41. The van der Waals surface area contributed by atoms with E-state index in [2.05, 4.69) is 15.3 Å². The lowest BCUT2D eigenvalue weighted by atomic mass is 10.0. The number of nitrogens with one attached hydrogen (secondary N) is 1. The van der Waals surface area contributed by atoms with Gasteiger partial charge in [-0.15, -0.1) is 0 Å². The Kier molecular flexibility index (Phi) is 3.86. The van der Waals surface area contributed by atoms with E-state index < -0.39 is 5.92 Å². The number of nitrogens with zero attached hydrogens (tertiary/aromatic N) is 3. The van der Waals surface area contributed by atoms with Crippen molar-refractivity contribution in [1.29, 1.82) is 0 Å². The van der Waals surface area contributed by atoms with Crippen molar-refractivity contribution in [2.45, 2.75) is 25.2 Å². The van der Waals surface area contributed by atoms with Crippen molar-refractivity contribution in [3.05, 3.63) is 41.6 Å². The molecule has 0 radical (unpaired) electrons. The van der Waals surface area contributed by atoms with Gasteiger partial charge < -0.3 is 10.2 Å². The summed E-state index contributed by atoms with van der Waals surface area (Å²) in [4.78, 5) is 23.2. The molecule has 1 N–H and O–H groups in total. The number of hydrogen-bond donors (Lipinski definition) is 1. The number of alkyl halides is 2. The topological polar surface area (TPSA) is 58.1 Å². The van der Waals surface area contributed by atoms with Crippen LogP contribution in [0, 0.1) is 0 Å². The van der Waals surface area contributed by atoms with E-state index in [0.29, 0.717) is 30.3 Å². The molecule has 1 amide bonds. The van der Waals surface area contributed by atoms with Crippen LogP contribution in [-0.2, 0) is 6.42 Å². The van der Waals surface area contributed by atoms with Gasteiger partial charge in [0.25, 0.3) is 11.8 Å². The predicted octanol–water partition coefficient (Wildman–Crippen LogP) is 2.67. The third-order valence-corrected chi connectivity index (χ3v) is 4.69. The van der Waals surface area contributed by atoms with Crippen LogP contribution in [0.25, 0.3) is 11.4 Å². The molecule has 7 heteroatoms. The Bertz CT molecular complexity index is 800. The fourth-order valence-corrected chi connectivity index (χ4v) is 3.30. The second kappa shape index (κ2) is 6.06. The number of aromatic nitrogens is 2. The van der Waals surface area contributed by atoms with Crippen LogP contribution >= 0.6 is 0 Å². The highest BCUT2D eigenvalue weighted by Gasteiger charge is 2.36. The molecule has 0 bridgehead atoms. The number of fused-ring (bicyclic) bond motifs is 1. The van der Waals surface area contributed by atoms with Gasteiger partial charge in [0.15, 0.2) is 5.82 Å². The molecule has 1 aromatic carbocycles. The summed E-state index contributed by atoms with van der Waals surface area (Å²) in [6, 6.07) is 9.38. The number of rotatable bonds is 2. The van der Waals surface area contributed by atoms with Gasteiger partial charge in [-0.1, -0.05) is 30.3 Å². The maximum Gasteiger partial charge on any atom is 0.270 e. The molecule has 4 rings (SSSR count). The molecule has 1 saturated heterocycles. The SMILES string of the molecule is O=C1NCCc2c1nc(-c1ccccc1)nc2N1CCC(F)(F)CC1. The average molecular weight is 344 g/mol. The summed E-state index contributed by atoms with van der Waals surface area (Å²) in [5, 5.41) is 2.79. The molecule has 5 nitrogen and oxygen atoms in total. The van der Waals surface area contributed by atoms with E-state index in [1.54, 1.807) is 0 Å². The Labute approximate surface area is 144 Å². The van der Waals surface area contributed by atoms with Crippen molar-refractivity contribution in [2.75, 3.05) is 24.5 Å². The monoisotopic (exact) mass is 344 g/mol. The van der Waals surface area contributed by atoms with E-state index in [9.17, 15) is 13.6 Å². The first-order valence-electron chi connectivity index (χ1n) is 8.41. The van der Waals surface area contributed by atoms with Gasteiger partial charge in [0.05, 0.1) is 0 Å². The van der Waals surface area contributed by atoms with Gasteiger partial charge in [-0.25, -0.2) is 18.7 Å². The highest BCUT2D eigenvalue weighted by molar-refractivity contribution is 5.96. The molecule has 25 heavy (non-hydrogen) atoms. The summed E-state index contributed by atoms with van der Waals surface area (Å²) in [6.45, 7) is 0.968. The molecule has 0 atom stereocenters. The standard InChI is InChI=1S/C18H18F2N4O/c19-18(20)7-10-24(11-8-18)16-13-6-9-21-17(25)14(13)22-15(23-16)12-4-2-1-3-5-12/h1-5H,6-11H2,(H,21,25). The fourth-order valence-electron chi connectivity index (χ4n) is 3.30. The zero-order chi connectivity index (χ0) is 17.4. The number of amides is 1. The van der Waals surface area contributed by atoms with E-state index in [4.69, 9.17) is 0 Å². The molecule has 0 saturated carbocycles. The Hall–Kier alpha value is -2.57. The summed E-state index contributed by atoms with van der Waals surface area (Å²) in [7, 11) is 0. The summed E-state index contributed by atoms with van der Waals surface area (Å²) in [5.74, 6) is -1.79. The molecule has 0 spiro atoms. The fraction of sp³-hybridized carbons (Fsp3) is 0.389. The van der Waals surface area contributed by atoms with E-state index in [1.165, 1.54) is 0 Å². The van der Waals surface area contributed by atoms with Crippen LogP contribution in [0.1, 0.15) is 28.9 Å². The van der Waals surface area contributed by atoms with Crippen molar-refractivity contribution in [1.82, 2.24) is 15.3 Å². The second-order valence-corrected chi connectivity index (χ2v) is 6.41. The van der Waals surface area contributed by atoms with E-state index in [1.807, 2.05) is 35.2 Å². The average Bonchev–Trinajstić information content (AvgIpc) is 2.62. The zero-order valence-electron chi connectivity index (χ0n) is 13.6. The highest BCUT2D eigenvalue weighted by Crippen LogP contribution is 2.33. The Balaban J connectivity index is 1.79. The number of piperidine rings is 1. The number of halogens is 2. The molecule has 1 fully saturated rings. The number of benzene rings is 1. The lowest BCUT2D eigenvalue weighted by molar-refractivity contribution is -0.0221. The van der Waals surface area contributed by atoms with Crippen LogP contribution in [0.2, 0.25) is 0 Å². The van der Waals surface area contributed by atoms with E-state index in [-0.39, 0.29) is 31.8 Å². The summed E-state index contributed by atoms with van der Waals surface area (Å²) in [5.41, 5.74) is 1.91. The van der Waals surface area contributed by atoms with Crippen molar-refractivity contribution < 1.29 is 13.6 Å². The first kappa shape index (κ1) is 15.9. The number of carbonyl (C=O) groups excluding carboxylic acids is 1. The van der Waals surface area contributed by atoms with Gasteiger partial charge in [-0.2, -0.15) is 0 Å². The number of anilines is 1. The normalized spacial score (nSPS) is 19.3. The maximum absolute atomic E-state index is 13.5. The molecule has 1 aromatic heterocycles. The van der Waals surface area contributed by atoms with Gasteiger partial charge in [-0.05, 0) is 6.42 Å². The zero-order valence-corrected chi connectivity index (χ0v) is 13.6. The molecular formula is C18H18F2N4O. The maximum atomic E-state index is 13.5. The molecule has 2 aliphatic rings. The van der Waals surface area contributed by atoms with Gasteiger partial charge in [0, 0.05) is 43.6 Å². The minimum atomic E-state index is -2.62. The quantitative estimate of drug-likeness (QED) is 0.910. The van der Waals surface area contributed by atoms with Crippen LogP contribution in [0.4, 0.5) is 14.6 Å². The van der Waals surface area contributed by atoms with Crippen molar-refractivity contribution in [3.8, 4) is 11.4 Å². The number of carbonyl (C=O) groups is 1. The van der Waals surface area contributed by atoms with Gasteiger partial charge >= 0.3 is 0 Å². The second-order valence-electron chi connectivity index (χ2n) is 6.41. The molecule has 0 aliphatic carbocycles. The van der Waals surface area contributed by atoms with Crippen LogP contribution in [0.3, 0.4) is 0 Å². The summed E-state index contributed by atoms with van der Waals surface area (Å²) >= 11 is 0. The van der Waals surface area contributed by atoms with Gasteiger partial charge in [-0.3, -0.25) is 4.79 Å². The summed E-state index contributed by atoms with van der Waals surface area (Å²) in [6.07, 6.45) is 0.218. The lowest BCUT2D eigenvalue weighted by Gasteiger charge is -2.34. The third-order valence-electron chi connectivity index (χ3n) is 4.69. The Morgan fingerprint density at radius 1 is 1.08 bits per heavy atom. The highest BCUT2D eigenvalue weighted by atomic mass is 19.3. The van der Waals surface area contributed by atoms with E-state index in [0.717, 1.165) is 11.1 Å². The van der Waals surface area contributed by atoms with Crippen molar-refractivity contribution >= 4 is 11.7 Å². The third kappa shape index (κ3) is 3.06. The molecular weight excluding hydrogens is 326 g/mol. The van der Waals surface area contributed by atoms with Crippen LogP contribution in [0.5, 0.6) is 0 Å². The van der Waals surface area contributed by atoms with Gasteiger partial charge in [0.1, 0.15) is 11.5 Å². The molecule has 2 aliphatic heterocycles. The van der Waals surface area contributed by atoms with Gasteiger partial charge in [0.2, 0.25) is 0 Å². The Morgan fingerprint density at radius 2 is 1.80 bits per heavy atom. The van der Waals surface area contributed by atoms with Crippen molar-refractivity contribution in [3.63, 3.8) is 0 Å². The van der Waals surface area contributed by atoms with Crippen LogP contribution < -0.4 is 10.2 Å². The number of hydrogen-bond acceptors (Lipinski definition) is 4. The molecule has 130 valence electrons. The predicted molar refractivity (Wildman–Crippen MR) is 89.9 cm³/mol. The smallest absolute Gasteiger partial charge is 0.270 e. The van der Waals surface area contributed by atoms with E-state index >= 15 is 0 Å². The minimum Gasteiger partial charge on any atom is -0.356 e. The molecule has 3 heterocycles. The molecule has 0 unspecified atom stereocenters. The minimum absolute atomic E-state index is 0.196.